The van der Waals surface area contributed by atoms with E-state index in [0.717, 1.165) is 109 Å². The average molecular weight is 830 g/mol. The van der Waals surface area contributed by atoms with Gasteiger partial charge in [-0.15, -0.1) is 11.6 Å². The van der Waals surface area contributed by atoms with Gasteiger partial charge in [0.15, 0.2) is 0 Å². The molecule has 0 saturated carbocycles. The molecule has 2 atom stereocenters. The predicted octanol–water partition coefficient (Wildman–Crippen LogP) is 7.05. The zero-order valence-corrected chi connectivity index (χ0v) is 34.5. The molecule has 0 aromatic heterocycles. The summed E-state index contributed by atoms with van der Waals surface area (Å²) in [5.74, 6) is 0.212. The summed E-state index contributed by atoms with van der Waals surface area (Å²) in [6.07, 6.45) is 5.32. The Labute approximate surface area is 356 Å². The monoisotopic (exact) mass is 829 g/mol. The van der Waals surface area contributed by atoms with Crippen molar-refractivity contribution in [3.8, 4) is 11.5 Å². The normalized spacial score (nSPS) is 20.8. The van der Waals surface area contributed by atoms with E-state index < -0.39 is 23.8 Å². The standard InChI is InChI=1S/C48H52ClN5O6/c49-23-20-40(33-5-2-1-3-6-33)45(34-8-13-38(55)14-9-34)35-10-15-39(16-11-35)60-28-27-52-25-21-32(22-26-52)30-53-24-4-7-37(31-53)50-36-12-17-41-42(29-36)48(59)54(47(41)58)43-18-19-44(56)51-46(43)57/h1-3,5-6,8-17,29,32,37,43,50,55H,4,7,18-28,30-31H2,(H,51,56,57). The lowest BCUT2D eigenvalue weighted by Crippen LogP contribution is -2.54. The first kappa shape index (κ1) is 41.3. The van der Waals surface area contributed by atoms with E-state index in [1.807, 2.05) is 48.5 Å². The summed E-state index contributed by atoms with van der Waals surface area (Å²) < 4.78 is 6.25. The van der Waals surface area contributed by atoms with Gasteiger partial charge in [0.25, 0.3) is 11.8 Å². The number of ether oxygens (including phenoxy) is 1. The molecule has 4 heterocycles. The maximum absolute atomic E-state index is 13.3. The molecule has 0 spiro atoms. The van der Waals surface area contributed by atoms with E-state index in [1.165, 1.54) is 0 Å². The van der Waals surface area contributed by atoms with Crippen LogP contribution >= 0.6 is 11.6 Å². The first-order chi connectivity index (χ1) is 29.2. The van der Waals surface area contributed by atoms with Gasteiger partial charge in [0.2, 0.25) is 11.8 Å². The number of carbonyl (C=O) groups is 4. The molecule has 3 saturated heterocycles. The Balaban J connectivity index is 0.801. The van der Waals surface area contributed by atoms with Gasteiger partial charge in [-0.2, -0.15) is 0 Å². The number of aromatic hydroxyl groups is 1. The molecule has 11 nitrogen and oxygen atoms in total. The Hall–Kier alpha value is -5.49. The topological polar surface area (TPSA) is 132 Å². The van der Waals surface area contributed by atoms with Gasteiger partial charge in [-0.05, 0) is 134 Å². The fraction of sp³-hybridized carbons (Fsp3) is 0.375. The third kappa shape index (κ3) is 9.44. The SMILES string of the molecule is O=C1CCC(N2C(=O)c3ccc(NC4CCCN(CC5CCN(CCOc6ccc(C(=C(CCCl)c7ccccc7)c7ccc(O)cc7)cc6)CC5)C4)cc3C2=O)C(=O)N1. The molecule has 0 radical (unpaired) electrons. The Kier molecular flexibility index (Phi) is 12.9. The fourth-order valence-corrected chi connectivity index (χ4v) is 9.38. The third-order valence-electron chi connectivity index (χ3n) is 12.3. The van der Waals surface area contributed by atoms with E-state index in [1.54, 1.807) is 24.3 Å². The second kappa shape index (κ2) is 18.8. The van der Waals surface area contributed by atoms with Gasteiger partial charge in [-0.3, -0.25) is 34.3 Å². The van der Waals surface area contributed by atoms with Crippen molar-refractivity contribution in [1.82, 2.24) is 20.0 Å². The van der Waals surface area contributed by atoms with Crippen molar-refractivity contribution < 1.29 is 29.0 Å². The van der Waals surface area contributed by atoms with Crippen LogP contribution in [0.2, 0.25) is 0 Å². The molecule has 0 aliphatic carbocycles. The molecule has 312 valence electrons. The Morgan fingerprint density at radius 1 is 0.783 bits per heavy atom. The zero-order valence-electron chi connectivity index (χ0n) is 33.8. The van der Waals surface area contributed by atoms with Crippen molar-refractivity contribution in [1.29, 1.82) is 0 Å². The van der Waals surface area contributed by atoms with Crippen LogP contribution in [0.3, 0.4) is 0 Å². The minimum atomic E-state index is -0.972. The van der Waals surface area contributed by atoms with Crippen LogP contribution in [-0.2, 0) is 9.59 Å². The van der Waals surface area contributed by atoms with Crippen molar-refractivity contribution in [3.63, 3.8) is 0 Å². The number of amides is 4. The number of hydrogen-bond donors (Lipinski definition) is 3. The van der Waals surface area contributed by atoms with E-state index in [4.69, 9.17) is 16.3 Å². The summed E-state index contributed by atoms with van der Waals surface area (Å²) in [6, 6.07) is 30.4. The van der Waals surface area contributed by atoms with Crippen LogP contribution in [0.5, 0.6) is 11.5 Å². The summed E-state index contributed by atoms with van der Waals surface area (Å²) in [5.41, 5.74) is 6.81. The van der Waals surface area contributed by atoms with Crippen molar-refractivity contribution in [2.45, 2.75) is 57.0 Å². The third-order valence-corrected chi connectivity index (χ3v) is 12.5. The lowest BCUT2D eigenvalue weighted by atomic mass is 9.88. The number of fused-ring (bicyclic) bond motifs is 1. The average Bonchev–Trinajstić information content (AvgIpc) is 3.50. The maximum Gasteiger partial charge on any atom is 0.262 e. The molecule has 12 heteroatoms. The van der Waals surface area contributed by atoms with Crippen molar-refractivity contribution in [2.75, 3.05) is 57.1 Å². The molecular weight excluding hydrogens is 778 g/mol. The molecule has 4 amide bonds. The van der Waals surface area contributed by atoms with Gasteiger partial charge in [0, 0.05) is 43.7 Å². The highest BCUT2D eigenvalue weighted by molar-refractivity contribution is 6.23. The molecule has 4 aliphatic heterocycles. The molecule has 3 fully saturated rings. The van der Waals surface area contributed by atoms with Gasteiger partial charge in [0.1, 0.15) is 24.1 Å². The lowest BCUT2D eigenvalue weighted by molar-refractivity contribution is -0.136. The number of piperidine rings is 3. The number of nitrogens with one attached hydrogen (secondary N) is 2. The number of phenolic OH excluding ortho intramolecular Hbond substituents is 1. The number of carbonyl (C=O) groups excluding carboxylic acids is 4. The van der Waals surface area contributed by atoms with E-state index >= 15 is 0 Å². The highest BCUT2D eigenvalue weighted by Gasteiger charge is 2.44. The van der Waals surface area contributed by atoms with Crippen LogP contribution in [0, 0.1) is 5.92 Å². The van der Waals surface area contributed by atoms with Gasteiger partial charge in [-0.1, -0.05) is 54.6 Å². The first-order valence-corrected chi connectivity index (χ1v) is 21.7. The molecule has 2 unspecified atom stereocenters. The first-order valence-electron chi connectivity index (χ1n) is 21.2. The number of anilines is 1. The zero-order chi connectivity index (χ0) is 41.6. The second-order valence-corrected chi connectivity index (χ2v) is 16.7. The quantitative estimate of drug-likeness (QED) is 0.0696. The molecule has 4 aromatic rings. The Morgan fingerprint density at radius 3 is 2.22 bits per heavy atom. The molecule has 60 heavy (non-hydrogen) atoms. The summed E-state index contributed by atoms with van der Waals surface area (Å²) in [6.45, 7) is 6.61. The van der Waals surface area contributed by atoms with Crippen LogP contribution in [0.4, 0.5) is 5.69 Å². The van der Waals surface area contributed by atoms with Crippen molar-refractivity contribution in [3.05, 3.63) is 125 Å². The molecule has 4 aromatic carbocycles. The highest BCUT2D eigenvalue weighted by Crippen LogP contribution is 2.36. The second-order valence-electron chi connectivity index (χ2n) is 16.3. The Morgan fingerprint density at radius 2 is 1.50 bits per heavy atom. The smallest absolute Gasteiger partial charge is 0.262 e. The number of alkyl halides is 1. The van der Waals surface area contributed by atoms with Crippen LogP contribution in [0.1, 0.15) is 82.4 Å². The molecular formula is C48H52ClN5O6. The van der Waals surface area contributed by atoms with Gasteiger partial charge >= 0.3 is 0 Å². The summed E-state index contributed by atoms with van der Waals surface area (Å²) in [5, 5.41) is 15.9. The number of likely N-dealkylation sites (tertiary alicyclic amines) is 2. The minimum Gasteiger partial charge on any atom is -0.508 e. The largest absolute Gasteiger partial charge is 0.508 e. The van der Waals surface area contributed by atoms with E-state index in [2.05, 4.69) is 44.7 Å². The lowest BCUT2D eigenvalue weighted by Gasteiger charge is -2.38. The van der Waals surface area contributed by atoms with E-state index in [-0.39, 0.29) is 30.5 Å². The number of rotatable bonds is 14. The van der Waals surface area contributed by atoms with Crippen molar-refractivity contribution in [2.24, 2.45) is 5.92 Å². The number of imide groups is 2. The van der Waals surface area contributed by atoms with Crippen LogP contribution in [0.15, 0.2) is 97.1 Å². The Bertz CT molecular complexity index is 2220. The number of allylic oxidation sites excluding steroid dienone is 1. The molecule has 3 N–H and O–H groups in total. The van der Waals surface area contributed by atoms with Gasteiger partial charge in [-0.25, -0.2) is 0 Å². The number of benzene rings is 4. The highest BCUT2D eigenvalue weighted by atomic mass is 35.5. The molecule has 8 rings (SSSR count). The van der Waals surface area contributed by atoms with Gasteiger partial charge < -0.3 is 20.1 Å². The minimum absolute atomic E-state index is 0.0944. The number of nitrogens with zero attached hydrogens (tertiary/aromatic N) is 3. The summed E-state index contributed by atoms with van der Waals surface area (Å²) >= 11 is 6.33. The van der Waals surface area contributed by atoms with Gasteiger partial charge in [0.05, 0.1) is 11.1 Å². The molecule has 4 aliphatic rings. The summed E-state index contributed by atoms with van der Waals surface area (Å²) in [7, 11) is 0. The maximum atomic E-state index is 13.3. The molecule has 0 bridgehead atoms. The van der Waals surface area contributed by atoms with Crippen LogP contribution < -0.4 is 15.4 Å². The fourth-order valence-electron chi connectivity index (χ4n) is 9.19. The predicted molar refractivity (Wildman–Crippen MR) is 233 cm³/mol. The van der Waals surface area contributed by atoms with Crippen LogP contribution in [-0.4, -0.2) is 107 Å². The number of hydrogen-bond acceptors (Lipinski definition) is 9. The van der Waals surface area contributed by atoms with Crippen LogP contribution in [0.25, 0.3) is 11.1 Å². The number of phenols is 1. The summed E-state index contributed by atoms with van der Waals surface area (Å²) in [4.78, 5) is 56.6. The van der Waals surface area contributed by atoms with Crippen molar-refractivity contribution >= 4 is 52.1 Å². The number of halogens is 1. The van der Waals surface area contributed by atoms with E-state index in [9.17, 15) is 24.3 Å². The van der Waals surface area contributed by atoms with E-state index in [0.29, 0.717) is 36.0 Å².